The van der Waals surface area contributed by atoms with Crippen LogP contribution in [0.5, 0.6) is 17.2 Å². The summed E-state index contributed by atoms with van der Waals surface area (Å²) in [7, 11) is 0. The van der Waals surface area contributed by atoms with Crippen molar-refractivity contribution in [2.45, 2.75) is 20.4 Å². The van der Waals surface area contributed by atoms with Gasteiger partial charge in [0.15, 0.2) is 16.3 Å². The Bertz CT molecular complexity index is 711. The predicted octanol–water partition coefficient (Wildman–Crippen LogP) is 3.07. The zero-order chi connectivity index (χ0) is 14.8. The van der Waals surface area contributed by atoms with Crippen molar-refractivity contribution in [3.63, 3.8) is 0 Å². The van der Waals surface area contributed by atoms with Gasteiger partial charge in [0, 0.05) is 10.6 Å². The highest BCUT2D eigenvalue weighted by Crippen LogP contribution is 2.38. The van der Waals surface area contributed by atoms with Crippen molar-refractivity contribution in [1.29, 1.82) is 5.41 Å². The van der Waals surface area contributed by atoms with Crippen LogP contribution in [0.1, 0.15) is 10.6 Å². The smallest absolute Gasteiger partial charge is 0.203 e. The first kappa shape index (κ1) is 16.9. The number of aryl methyl sites for hydroxylation is 1. The van der Waals surface area contributed by atoms with Crippen molar-refractivity contribution in [1.82, 2.24) is 4.57 Å². The van der Waals surface area contributed by atoms with Gasteiger partial charge >= 0.3 is 0 Å². The van der Waals surface area contributed by atoms with E-state index in [0.29, 0.717) is 42.7 Å². The fraction of sp³-hybridized carbons (Fsp3) is 0.400. The summed E-state index contributed by atoms with van der Waals surface area (Å²) in [6.07, 6.45) is 0. The summed E-state index contributed by atoms with van der Waals surface area (Å²) in [4.78, 5) is 1.73. The van der Waals surface area contributed by atoms with Gasteiger partial charge in [-0.2, -0.15) is 0 Å². The van der Waals surface area contributed by atoms with Crippen LogP contribution in [-0.2, 0) is 6.54 Å². The lowest BCUT2D eigenvalue weighted by Gasteiger charge is -2.21. The van der Waals surface area contributed by atoms with Crippen LogP contribution in [0.25, 0.3) is 0 Å². The third kappa shape index (κ3) is 3.30. The minimum absolute atomic E-state index is 0. The third-order valence-corrected chi connectivity index (χ3v) is 4.53. The highest BCUT2D eigenvalue weighted by atomic mass is 79.9. The first-order valence-electron chi connectivity index (χ1n) is 6.89. The van der Waals surface area contributed by atoms with Crippen molar-refractivity contribution in [2.75, 3.05) is 19.8 Å². The minimum Gasteiger partial charge on any atom is -0.488 e. The van der Waals surface area contributed by atoms with Crippen molar-refractivity contribution < 1.29 is 14.2 Å². The average Bonchev–Trinajstić information content (AvgIpc) is 2.73. The Morgan fingerprint density at radius 3 is 2.77 bits per heavy atom. The van der Waals surface area contributed by atoms with Crippen LogP contribution in [0.15, 0.2) is 18.2 Å². The second-order valence-corrected chi connectivity index (χ2v) is 6.03. The number of hydrogen-bond acceptors (Lipinski definition) is 5. The fourth-order valence-corrected chi connectivity index (χ4v) is 3.18. The van der Waals surface area contributed by atoms with Gasteiger partial charge in [0.05, 0.1) is 6.54 Å². The molecule has 0 radical (unpaired) electrons. The molecular weight excluding hydrogens is 368 g/mol. The molecule has 120 valence electrons. The molecule has 0 unspecified atom stereocenters. The zero-order valence-electron chi connectivity index (χ0n) is 12.5. The first-order chi connectivity index (χ1) is 10.2. The summed E-state index contributed by atoms with van der Waals surface area (Å²) in [6, 6.07) is 5.65. The summed E-state index contributed by atoms with van der Waals surface area (Å²) in [5.74, 6) is 2.11. The van der Waals surface area contributed by atoms with Gasteiger partial charge in [0.25, 0.3) is 0 Å². The van der Waals surface area contributed by atoms with E-state index in [1.807, 2.05) is 36.6 Å². The van der Waals surface area contributed by atoms with Crippen LogP contribution in [0.3, 0.4) is 0 Å². The molecule has 2 aromatic rings. The number of thiazole rings is 1. The molecule has 5 nitrogen and oxygen atoms in total. The molecule has 3 rings (SSSR count). The Kier molecular flexibility index (Phi) is 5.52. The number of nitrogens with zero attached hydrogens (tertiary/aromatic N) is 1. The number of hydrogen-bond donors (Lipinski definition) is 1. The molecule has 0 saturated carbocycles. The summed E-state index contributed by atoms with van der Waals surface area (Å²) in [5.41, 5.74) is 1.13. The molecule has 0 spiro atoms. The number of nitrogens with one attached hydrogen (secondary N) is 1. The minimum atomic E-state index is 0. The molecule has 0 fully saturated rings. The van der Waals surface area contributed by atoms with Gasteiger partial charge in [-0.1, -0.05) is 6.07 Å². The van der Waals surface area contributed by atoms with Crippen LogP contribution in [-0.4, -0.2) is 24.4 Å². The molecule has 1 N–H and O–H groups in total. The van der Waals surface area contributed by atoms with Crippen molar-refractivity contribution in [2.24, 2.45) is 0 Å². The van der Waals surface area contributed by atoms with Crippen LogP contribution >= 0.6 is 28.3 Å². The summed E-state index contributed by atoms with van der Waals surface area (Å²) in [6.45, 7) is 6.33. The molecule has 2 heterocycles. The van der Waals surface area contributed by atoms with Gasteiger partial charge in [0.1, 0.15) is 19.8 Å². The van der Waals surface area contributed by atoms with E-state index in [9.17, 15) is 0 Å². The van der Waals surface area contributed by atoms with E-state index < -0.39 is 0 Å². The Morgan fingerprint density at radius 2 is 2.05 bits per heavy atom. The number of rotatable bonds is 4. The molecule has 0 amide bonds. The highest BCUT2D eigenvalue weighted by molar-refractivity contribution is 8.93. The van der Waals surface area contributed by atoms with E-state index in [0.717, 1.165) is 11.4 Å². The summed E-state index contributed by atoms with van der Waals surface area (Å²) in [5, 5.41) is 7.95. The Morgan fingerprint density at radius 1 is 1.27 bits per heavy atom. The molecule has 22 heavy (non-hydrogen) atoms. The standard InChI is InChI=1S/C15H18N2O3S.BrH/c1-10-11(2)21-15(16)17(10)6-7-18-12-4-3-5-13-14(12)20-9-8-19-13;/h3-5,16H,6-9H2,1-2H3;1H. The maximum atomic E-state index is 7.95. The van der Waals surface area contributed by atoms with Crippen molar-refractivity contribution in [3.8, 4) is 17.2 Å². The number of benzene rings is 1. The zero-order valence-corrected chi connectivity index (χ0v) is 15.1. The second-order valence-electron chi connectivity index (χ2n) is 4.83. The van der Waals surface area contributed by atoms with Crippen LogP contribution in [0, 0.1) is 19.3 Å². The molecule has 7 heteroatoms. The highest BCUT2D eigenvalue weighted by Gasteiger charge is 2.16. The molecule has 0 bridgehead atoms. The van der Waals surface area contributed by atoms with Gasteiger partial charge in [-0.15, -0.1) is 28.3 Å². The molecule has 0 saturated heterocycles. The first-order valence-corrected chi connectivity index (χ1v) is 7.71. The van der Waals surface area contributed by atoms with E-state index in [1.165, 1.54) is 16.2 Å². The van der Waals surface area contributed by atoms with E-state index in [1.54, 1.807) is 0 Å². The average molecular weight is 387 g/mol. The molecule has 1 aromatic heterocycles. The van der Waals surface area contributed by atoms with Crippen molar-refractivity contribution in [3.05, 3.63) is 33.6 Å². The predicted molar refractivity (Wildman–Crippen MR) is 90.9 cm³/mol. The largest absolute Gasteiger partial charge is 0.488 e. The van der Waals surface area contributed by atoms with Crippen LogP contribution in [0.4, 0.5) is 0 Å². The molecular formula is C15H19BrN2O3S. The maximum absolute atomic E-state index is 7.95. The lowest BCUT2D eigenvalue weighted by Crippen LogP contribution is -2.20. The maximum Gasteiger partial charge on any atom is 0.203 e. The lowest BCUT2D eigenvalue weighted by molar-refractivity contribution is 0.161. The Labute approximate surface area is 143 Å². The SMILES string of the molecule is Br.Cc1sc(=N)n(CCOc2cccc3c2OCCO3)c1C. The topological polar surface area (TPSA) is 56.5 Å². The van der Waals surface area contributed by atoms with E-state index in [-0.39, 0.29) is 17.0 Å². The Hall–Kier alpha value is -1.47. The number of ether oxygens (including phenoxy) is 3. The van der Waals surface area contributed by atoms with E-state index >= 15 is 0 Å². The number of halogens is 1. The van der Waals surface area contributed by atoms with E-state index in [2.05, 4.69) is 0 Å². The second kappa shape index (κ2) is 7.19. The molecule has 1 aliphatic heterocycles. The lowest BCUT2D eigenvalue weighted by atomic mass is 10.3. The van der Waals surface area contributed by atoms with Gasteiger partial charge in [-0.05, 0) is 26.0 Å². The number of fused-ring (bicyclic) bond motifs is 1. The number of aromatic nitrogens is 1. The normalized spacial score (nSPS) is 12.6. The van der Waals surface area contributed by atoms with E-state index in [4.69, 9.17) is 19.6 Å². The quantitative estimate of drug-likeness (QED) is 0.878. The third-order valence-electron chi connectivity index (χ3n) is 3.51. The molecule has 1 aromatic carbocycles. The summed E-state index contributed by atoms with van der Waals surface area (Å²) < 4.78 is 18.9. The van der Waals surface area contributed by atoms with Gasteiger partial charge < -0.3 is 18.8 Å². The molecule has 1 aliphatic rings. The number of para-hydroxylation sites is 1. The molecule has 0 aliphatic carbocycles. The fourth-order valence-electron chi connectivity index (χ4n) is 2.29. The van der Waals surface area contributed by atoms with Gasteiger partial charge in [-0.25, -0.2) is 0 Å². The van der Waals surface area contributed by atoms with Gasteiger partial charge in [-0.3, -0.25) is 5.41 Å². The monoisotopic (exact) mass is 386 g/mol. The van der Waals surface area contributed by atoms with Crippen LogP contribution in [0.2, 0.25) is 0 Å². The summed E-state index contributed by atoms with van der Waals surface area (Å²) >= 11 is 1.49. The Balaban J connectivity index is 0.00000176. The molecule has 0 atom stereocenters. The van der Waals surface area contributed by atoms with Gasteiger partial charge in [0.2, 0.25) is 5.75 Å². The van der Waals surface area contributed by atoms with Crippen LogP contribution < -0.4 is 19.0 Å². The van der Waals surface area contributed by atoms with Crippen molar-refractivity contribution >= 4 is 28.3 Å².